The minimum absolute atomic E-state index is 0.122. The number of aliphatic carboxylic acids is 1. The standard InChI is InChI=1S/C29H39N3O7/c1-28(2,37)15-31-26(34)23-16-5-6-17(11-16)24(23)32-25(33)20-13-21(18(14-30)12-22(20)38-4)39-19-7-9-29(3,10-8-19)27(35)36/h12-13,16-17,19,23-24,37H,5-11,15H2,1-4H3,(H,31,34)(H,32,33)(H,35,36). The molecule has 3 aliphatic rings. The molecule has 3 fully saturated rings. The number of carboxylic acids is 1. The van der Waals surface area contributed by atoms with Crippen LogP contribution in [0.3, 0.4) is 0 Å². The SMILES string of the molecule is COc1cc(C#N)c(OC2CCC(C)(C(=O)O)CC2)cc1C(=O)NC1C2CCC(C2)C1C(=O)NCC(C)(C)O. The summed E-state index contributed by atoms with van der Waals surface area (Å²) in [6.45, 7) is 5.11. The van der Waals surface area contributed by atoms with E-state index in [1.165, 1.54) is 19.2 Å². The van der Waals surface area contributed by atoms with Crippen molar-refractivity contribution in [3.05, 3.63) is 23.3 Å². The first-order chi connectivity index (χ1) is 18.3. The average Bonchev–Trinajstić information content (AvgIpc) is 3.50. The number of ether oxygens (including phenoxy) is 2. The van der Waals surface area contributed by atoms with Crippen LogP contribution in [0.25, 0.3) is 0 Å². The van der Waals surface area contributed by atoms with Gasteiger partial charge in [0.25, 0.3) is 5.91 Å². The largest absolute Gasteiger partial charge is 0.496 e. The molecule has 4 atom stereocenters. The Balaban J connectivity index is 1.52. The highest BCUT2D eigenvalue weighted by atomic mass is 16.5. The molecule has 10 heteroatoms. The number of methoxy groups -OCH3 is 1. The highest BCUT2D eigenvalue weighted by Gasteiger charge is 2.51. The van der Waals surface area contributed by atoms with Crippen LogP contribution in [0.2, 0.25) is 0 Å². The molecule has 3 saturated carbocycles. The van der Waals surface area contributed by atoms with Gasteiger partial charge < -0.3 is 30.3 Å². The second-order valence-electron chi connectivity index (χ2n) is 12.2. The van der Waals surface area contributed by atoms with Gasteiger partial charge in [-0.05, 0) is 83.6 Å². The third kappa shape index (κ3) is 6.14. The lowest BCUT2D eigenvalue weighted by Crippen LogP contribution is -2.51. The van der Waals surface area contributed by atoms with Crippen LogP contribution >= 0.6 is 0 Å². The molecule has 3 aliphatic carbocycles. The van der Waals surface area contributed by atoms with Crippen LogP contribution in [0.15, 0.2) is 12.1 Å². The summed E-state index contributed by atoms with van der Waals surface area (Å²) >= 11 is 0. The summed E-state index contributed by atoms with van der Waals surface area (Å²) in [5, 5.41) is 35.2. The first kappa shape index (κ1) is 28.7. The molecule has 1 aromatic carbocycles. The van der Waals surface area contributed by atoms with E-state index < -0.39 is 22.9 Å². The molecule has 0 spiro atoms. The summed E-state index contributed by atoms with van der Waals surface area (Å²) in [6, 6.07) is 4.73. The number of benzene rings is 1. The maximum atomic E-state index is 13.6. The van der Waals surface area contributed by atoms with E-state index in [4.69, 9.17) is 9.47 Å². The highest BCUT2D eigenvalue weighted by molar-refractivity contribution is 5.98. The lowest BCUT2D eigenvalue weighted by atomic mass is 9.75. The fourth-order valence-electron chi connectivity index (χ4n) is 6.36. The molecule has 0 saturated heterocycles. The van der Waals surface area contributed by atoms with Crippen molar-refractivity contribution in [2.24, 2.45) is 23.2 Å². The van der Waals surface area contributed by atoms with Crippen LogP contribution in [0.5, 0.6) is 11.5 Å². The van der Waals surface area contributed by atoms with Gasteiger partial charge in [-0.15, -0.1) is 0 Å². The maximum Gasteiger partial charge on any atom is 0.309 e. The number of carbonyl (C=O) groups is 3. The van der Waals surface area contributed by atoms with Crippen molar-refractivity contribution in [2.75, 3.05) is 13.7 Å². The van der Waals surface area contributed by atoms with E-state index in [1.54, 1.807) is 20.8 Å². The minimum atomic E-state index is -1.04. The highest BCUT2D eigenvalue weighted by Crippen LogP contribution is 2.49. The van der Waals surface area contributed by atoms with Crippen molar-refractivity contribution in [3.8, 4) is 17.6 Å². The number of carboxylic acid groups (broad SMARTS) is 1. The number of hydrogen-bond donors (Lipinski definition) is 4. The van der Waals surface area contributed by atoms with Crippen LogP contribution < -0.4 is 20.1 Å². The zero-order valence-electron chi connectivity index (χ0n) is 23.1. The van der Waals surface area contributed by atoms with Gasteiger partial charge in [-0.25, -0.2) is 0 Å². The molecule has 0 aliphatic heterocycles. The van der Waals surface area contributed by atoms with E-state index in [2.05, 4.69) is 16.7 Å². The van der Waals surface area contributed by atoms with Crippen LogP contribution in [0.1, 0.15) is 81.6 Å². The Morgan fingerprint density at radius 3 is 2.38 bits per heavy atom. The predicted molar refractivity (Wildman–Crippen MR) is 141 cm³/mol. The molecule has 212 valence electrons. The summed E-state index contributed by atoms with van der Waals surface area (Å²) in [6.07, 6.45) is 4.41. The minimum Gasteiger partial charge on any atom is -0.496 e. The van der Waals surface area contributed by atoms with E-state index in [0.29, 0.717) is 25.7 Å². The number of carbonyl (C=O) groups excluding carboxylic acids is 2. The Labute approximate surface area is 229 Å². The summed E-state index contributed by atoms with van der Waals surface area (Å²) < 4.78 is 11.6. The van der Waals surface area contributed by atoms with Gasteiger partial charge in [0.05, 0.1) is 41.3 Å². The first-order valence-corrected chi connectivity index (χ1v) is 13.7. The molecule has 2 bridgehead atoms. The molecule has 39 heavy (non-hydrogen) atoms. The molecular weight excluding hydrogens is 502 g/mol. The van der Waals surface area contributed by atoms with Crippen LogP contribution in [0.4, 0.5) is 0 Å². The quantitative estimate of drug-likeness (QED) is 0.371. The van der Waals surface area contributed by atoms with E-state index in [0.717, 1.165) is 19.3 Å². The number of amides is 2. The molecule has 4 rings (SSSR count). The van der Waals surface area contributed by atoms with Gasteiger partial charge in [-0.2, -0.15) is 5.26 Å². The Kier molecular flexibility index (Phi) is 8.12. The van der Waals surface area contributed by atoms with Crippen molar-refractivity contribution in [1.82, 2.24) is 10.6 Å². The molecule has 0 heterocycles. The Morgan fingerprint density at radius 1 is 1.13 bits per heavy atom. The van der Waals surface area contributed by atoms with Gasteiger partial charge in [0.1, 0.15) is 17.6 Å². The third-order valence-corrected chi connectivity index (χ3v) is 8.73. The molecular formula is C29H39N3O7. The number of nitrogens with zero attached hydrogens (tertiary/aromatic N) is 1. The molecule has 2 amide bonds. The zero-order valence-corrected chi connectivity index (χ0v) is 23.1. The van der Waals surface area contributed by atoms with Crippen LogP contribution in [0, 0.1) is 34.5 Å². The van der Waals surface area contributed by atoms with Crippen molar-refractivity contribution < 1.29 is 34.1 Å². The van der Waals surface area contributed by atoms with Gasteiger partial charge in [-0.1, -0.05) is 0 Å². The second-order valence-corrected chi connectivity index (χ2v) is 12.2. The van der Waals surface area contributed by atoms with E-state index in [-0.39, 0.29) is 65.0 Å². The monoisotopic (exact) mass is 541 g/mol. The molecule has 1 aromatic rings. The van der Waals surface area contributed by atoms with Crippen molar-refractivity contribution in [1.29, 1.82) is 5.26 Å². The number of nitriles is 1. The predicted octanol–water partition coefficient (Wildman–Crippen LogP) is 3.01. The summed E-state index contributed by atoms with van der Waals surface area (Å²) in [5.74, 6) is -0.966. The third-order valence-electron chi connectivity index (χ3n) is 8.73. The van der Waals surface area contributed by atoms with E-state index >= 15 is 0 Å². The first-order valence-electron chi connectivity index (χ1n) is 13.7. The molecule has 0 aromatic heterocycles. The smallest absolute Gasteiger partial charge is 0.309 e. The van der Waals surface area contributed by atoms with Crippen molar-refractivity contribution >= 4 is 17.8 Å². The molecule has 10 nitrogen and oxygen atoms in total. The normalized spacial score (nSPS) is 29.8. The van der Waals surface area contributed by atoms with Crippen LogP contribution in [-0.2, 0) is 9.59 Å². The fraction of sp³-hybridized carbons (Fsp3) is 0.655. The lowest BCUT2D eigenvalue weighted by Gasteiger charge is -2.34. The Hall–Kier alpha value is -3.32. The van der Waals surface area contributed by atoms with Gasteiger partial charge in [0.2, 0.25) is 5.91 Å². The summed E-state index contributed by atoms with van der Waals surface area (Å²) in [7, 11) is 1.42. The van der Waals surface area contributed by atoms with Gasteiger partial charge in [-0.3, -0.25) is 14.4 Å². The molecule has 4 unspecified atom stereocenters. The number of fused-ring (bicyclic) bond motifs is 2. The second kappa shape index (κ2) is 11.0. The van der Waals surface area contributed by atoms with Gasteiger partial charge in [0.15, 0.2) is 0 Å². The van der Waals surface area contributed by atoms with Crippen molar-refractivity contribution in [2.45, 2.75) is 83.5 Å². The topological polar surface area (TPSA) is 158 Å². The number of nitrogens with one attached hydrogen (secondary N) is 2. The zero-order chi connectivity index (χ0) is 28.5. The summed E-state index contributed by atoms with van der Waals surface area (Å²) in [4.78, 5) is 38.3. The average molecular weight is 542 g/mol. The lowest BCUT2D eigenvalue weighted by molar-refractivity contribution is -0.150. The van der Waals surface area contributed by atoms with Gasteiger partial charge in [0, 0.05) is 18.7 Å². The maximum absolute atomic E-state index is 13.6. The number of aliphatic hydroxyl groups is 1. The van der Waals surface area contributed by atoms with E-state index in [1.807, 2.05) is 0 Å². The van der Waals surface area contributed by atoms with Crippen LogP contribution in [-0.4, -0.2) is 59.4 Å². The fourth-order valence-corrected chi connectivity index (χ4v) is 6.36. The molecule has 0 radical (unpaired) electrons. The Bertz CT molecular complexity index is 1160. The number of hydrogen-bond acceptors (Lipinski definition) is 7. The molecule has 4 N–H and O–H groups in total. The van der Waals surface area contributed by atoms with E-state index in [9.17, 15) is 29.9 Å². The Morgan fingerprint density at radius 2 is 1.79 bits per heavy atom. The van der Waals surface area contributed by atoms with Crippen molar-refractivity contribution in [3.63, 3.8) is 0 Å². The number of rotatable bonds is 9. The summed E-state index contributed by atoms with van der Waals surface area (Å²) in [5.41, 5.74) is -1.41. The van der Waals surface area contributed by atoms with Gasteiger partial charge >= 0.3 is 5.97 Å².